The molecule has 1 saturated heterocycles. The molecule has 1 unspecified atom stereocenters. The summed E-state index contributed by atoms with van der Waals surface area (Å²) in [4.78, 5) is 0. The lowest BCUT2D eigenvalue weighted by Gasteiger charge is -2.12. The highest BCUT2D eigenvalue weighted by atomic mass is 14.8. The molecular formula is C16H33N. The van der Waals surface area contributed by atoms with Crippen LogP contribution in [-0.4, -0.2) is 13.1 Å². The van der Waals surface area contributed by atoms with Gasteiger partial charge in [-0.2, -0.15) is 0 Å². The quantitative estimate of drug-likeness (QED) is 0.564. The van der Waals surface area contributed by atoms with E-state index < -0.39 is 0 Å². The van der Waals surface area contributed by atoms with Crippen LogP contribution >= 0.6 is 0 Å². The highest BCUT2D eigenvalue weighted by Crippen LogP contribution is 2.21. The first-order valence-electron chi connectivity index (χ1n) is 8.14. The first kappa shape index (κ1) is 15.0. The number of nitrogens with one attached hydrogen (secondary N) is 1. The summed E-state index contributed by atoms with van der Waals surface area (Å²) in [5.41, 5.74) is 0. The molecule has 0 aromatic carbocycles. The summed E-state index contributed by atoms with van der Waals surface area (Å²) in [7, 11) is 0. The van der Waals surface area contributed by atoms with E-state index >= 15 is 0 Å². The molecule has 0 aliphatic carbocycles. The van der Waals surface area contributed by atoms with Crippen LogP contribution in [-0.2, 0) is 0 Å². The second-order valence-corrected chi connectivity index (χ2v) is 5.81. The van der Waals surface area contributed by atoms with Crippen LogP contribution in [0, 0.1) is 5.92 Å². The van der Waals surface area contributed by atoms with Gasteiger partial charge in [0, 0.05) is 0 Å². The maximum absolute atomic E-state index is 3.51. The summed E-state index contributed by atoms with van der Waals surface area (Å²) >= 11 is 0. The van der Waals surface area contributed by atoms with Gasteiger partial charge < -0.3 is 5.32 Å². The van der Waals surface area contributed by atoms with Gasteiger partial charge in [0.1, 0.15) is 0 Å². The van der Waals surface area contributed by atoms with E-state index in [0.29, 0.717) is 0 Å². The van der Waals surface area contributed by atoms with Crippen LogP contribution in [0.2, 0.25) is 0 Å². The van der Waals surface area contributed by atoms with Crippen molar-refractivity contribution in [2.45, 2.75) is 84.0 Å². The van der Waals surface area contributed by atoms with Gasteiger partial charge in [0.05, 0.1) is 0 Å². The molecule has 0 bridgehead atoms. The standard InChI is InChI=1S/C16H33N/c1-2-3-4-5-6-7-8-9-11-16-12-10-14-17-15-13-16/h16-17H,2-15H2,1H3. The van der Waals surface area contributed by atoms with Gasteiger partial charge in [-0.15, -0.1) is 0 Å². The minimum Gasteiger partial charge on any atom is -0.317 e. The van der Waals surface area contributed by atoms with E-state index in [-0.39, 0.29) is 0 Å². The number of rotatable bonds is 9. The lowest BCUT2D eigenvalue weighted by molar-refractivity contribution is 0.413. The maximum atomic E-state index is 3.51. The van der Waals surface area contributed by atoms with E-state index in [2.05, 4.69) is 12.2 Å². The fourth-order valence-corrected chi connectivity index (χ4v) is 2.95. The topological polar surface area (TPSA) is 12.0 Å². The van der Waals surface area contributed by atoms with Gasteiger partial charge >= 0.3 is 0 Å². The Morgan fingerprint density at radius 1 is 0.824 bits per heavy atom. The van der Waals surface area contributed by atoms with Crippen molar-refractivity contribution >= 4 is 0 Å². The molecule has 0 radical (unpaired) electrons. The predicted octanol–water partition coefficient (Wildman–Crippen LogP) is 4.91. The van der Waals surface area contributed by atoms with E-state index in [1.54, 1.807) is 0 Å². The summed E-state index contributed by atoms with van der Waals surface area (Å²) in [5, 5.41) is 3.51. The fraction of sp³-hybridized carbons (Fsp3) is 1.00. The highest BCUT2D eigenvalue weighted by molar-refractivity contribution is 4.66. The molecule has 1 heterocycles. The zero-order chi connectivity index (χ0) is 12.2. The van der Waals surface area contributed by atoms with Crippen molar-refractivity contribution in [3.63, 3.8) is 0 Å². The van der Waals surface area contributed by atoms with Gasteiger partial charge in [-0.1, -0.05) is 64.7 Å². The Morgan fingerprint density at radius 2 is 1.53 bits per heavy atom. The molecule has 0 saturated carbocycles. The monoisotopic (exact) mass is 239 g/mol. The number of hydrogen-bond acceptors (Lipinski definition) is 1. The van der Waals surface area contributed by atoms with Crippen LogP contribution in [0.25, 0.3) is 0 Å². The fourth-order valence-electron chi connectivity index (χ4n) is 2.95. The second-order valence-electron chi connectivity index (χ2n) is 5.81. The molecule has 17 heavy (non-hydrogen) atoms. The summed E-state index contributed by atoms with van der Waals surface area (Å²) in [5.74, 6) is 1.03. The third-order valence-corrected chi connectivity index (χ3v) is 4.16. The van der Waals surface area contributed by atoms with E-state index in [1.165, 1.54) is 90.1 Å². The third-order valence-electron chi connectivity index (χ3n) is 4.16. The van der Waals surface area contributed by atoms with E-state index in [0.717, 1.165) is 5.92 Å². The van der Waals surface area contributed by atoms with E-state index in [4.69, 9.17) is 0 Å². The molecule has 1 heteroatoms. The van der Waals surface area contributed by atoms with Crippen LogP contribution in [0.3, 0.4) is 0 Å². The Kier molecular flexibility index (Phi) is 9.78. The lowest BCUT2D eigenvalue weighted by Crippen LogP contribution is -2.14. The Balaban J connectivity index is 1.82. The van der Waals surface area contributed by atoms with Crippen molar-refractivity contribution < 1.29 is 0 Å². The van der Waals surface area contributed by atoms with Gasteiger partial charge in [0.2, 0.25) is 0 Å². The molecule has 1 fully saturated rings. The molecule has 1 aliphatic rings. The van der Waals surface area contributed by atoms with Gasteiger partial charge in [0.25, 0.3) is 0 Å². The normalized spacial score (nSPS) is 21.4. The minimum atomic E-state index is 1.03. The third kappa shape index (κ3) is 8.65. The summed E-state index contributed by atoms with van der Waals surface area (Å²) in [6.07, 6.45) is 17.5. The Labute approximate surface area is 109 Å². The van der Waals surface area contributed by atoms with Crippen molar-refractivity contribution in [2.24, 2.45) is 5.92 Å². The van der Waals surface area contributed by atoms with Gasteiger partial charge in [-0.3, -0.25) is 0 Å². The van der Waals surface area contributed by atoms with Gasteiger partial charge in [-0.05, 0) is 38.3 Å². The highest BCUT2D eigenvalue weighted by Gasteiger charge is 2.10. The molecule has 1 atom stereocenters. The largest absolute Gasteiger partial charge is 0.317 e. The molecule has 0 aromatic rings. The van der Waals surface area contributed by atoms with Crippen LogP contribution < -0.4 is 5.32 Å². The molecule has 102 valence electrons. The van der Waals surface area contributed by atoms with Crippen LogP contribution in [0.1, 0.15) is 84.0 Å². The Morgan fingerprint density at radius 3 is 2.29 bits per heavy atom. The van der Waals surface area contributed by atoms with Gasteiger partial charge in [-0.25, -0.2) is 0 Å². The average Bonchev–Trinajstić information content (AvgIpc) is 2.61. The van der Waals surface area contributed by atoms with E-state index in [9.17, 15) is 0 Å². The first-order valence-corrected chi connectivity index (χ1v) is 8.14. The second kappa shape index (κ2) is 11.1. The zero-order valence-electron chi connectivity index (χ0n) is 12.0. The molecule has 0 aromatic heterocycles. The average molecular weight is 239 g/mol. The smallest absolute Gasteiger partial charge is 0.00463 e. The molecular weight excluding hydrogens is 206 g/mol. The van der Waals surface area contributed by atoms with Crippen LogP contribution in [0.5, 0.6) is 0 Å². The molecule has 1 N–H and O–H groups in total. The number of hydrogen-bond donors (Lipinski definition) is 1. The molecule has 1 nitrogen and oxygen atoms in total. The van der Waals surface area contributed by atoms with Gasteiger partial charge in [0.15, 0.2) is 0 Å². The molecule has 1 aliphatic heterocycles. The van der Waals surface area contributed by atoms with Crippen LogP contribution in [0.15, 0.2) is 0 Å². The zero-order valence-corrected chi connectivity index (χ0v) is 12.0. The molecule has 0 spiro atoms. The van der Waals surface area contributed by atoms with Crippen LogP contribution in [0.4, 0.5) is 0 Å². The minimum absolute atomic E-state index is 1.03. The Bertz CT molecular complexity index is 148. The van der Waals surface area contributed by atoms with Crippen molar-refractivity contribution in [1.82, 2.24) is 5.32 Å². The summed E-state index contributed by atoms with van der Waals surface area (Å²) in [6.45, 7) is 4.82. The van der Waals surface area contributed by atoms with Crippen molar-refractivity contribution in [3.8, 4) is 0 Å². The number of unbranched alkanes of at least 4 members (excludes halogenated alkanes) is 7. The summed E-state index contributed by atoms with van der Waals surface area (Å²) < 4.78 is 0. The Hall–Kier alpha value is -0.0400. The lowest BCUT2D eigenvalue weighted by atomic mass is 9.94. The molecule has 0 amide bonds. The SMILES string of the molecule is CCCCCCCCCCC1CCCNCC1. The molecule has 1 rings (SSSR count). The van der Waals surface area contributed by atoms with Crippen molar-refractivity contribution in [3.05, 3.63) is 0 Å². The maximum Gasteiger partial charge on any atom is -0.00463 e. The van der Waals surface area contributed by atoms with Crippen molar-refractivity contribution in [2.75, 3.05) is 13.1 Å². The predicted molar refractivity (Wildman–Crippen MR) is 77.4 cm³/mol. The summed E-state index contributed by atoms with van der Waals surface area (Å²) in [6, 6.07) is 0. The van der Waals surface area contributed by atoms with E-state index in [1.807, 2.05) is 0 Å². The first-order chi connectivity index (χ1) is 8.43. The van der Waals surface area contributed by atoms with Crippen molar-refractivity contribution in [1.29, 1.82) is 0 Å².